The van der Waals surface area contributed by atoms with E-state index in [1.54, 1.807) is 19.2 Å². The van der Waals surface area contributed by atoms with Crippen molar-refractivity contribution in [1.29, 1.82) is 0 Å². The van der Waals surface area contributed by atoms with Crippen LogP contribution in [0.1, 0.15) is 6.92 Å². The summed E-state index contributed by atoms with van der Waals surface area (Å²) < 4.78 is 4.15. The van der Waals surface area contributed by atoms with Crippen LogP contribution in [0.15, 0.2) is 12.3 Å². The maximum atomic E-state index is 9.18. The quantitative estimate of drug-likeness (QED) is 0.599. The van der Waals surface area contributed by atoms with Crippen LogP contribution >= 0.6 is 0 Å². The Morgan fingerprint density at radius 2 is 2.64 bits per heavy atom. The first-order valence-electron chi connectivity index (χ1n) is 3.11. The zero-order chi connectivity index (χ0) is 8.53. The molecule has 0 spiro atoms. The van der Waals surface area contributed by atoms with Crippen molar-refractivity contribution in [2.24, 2.45) is 0 Å². The van der Waals surface area contributed by atoms with E-state index >= 15 is 0 Å². The van der Waals surface area contributed by atoms with Crippen molar-refractivity contribution in [3.63, 3.8) is 0 Å². The molecule has 11 heavy (non-hydrogen) atoms. The predicted octanol–water partition coefficient (Wildman–Crippen LogP) is 0.171. The van der Waals surface area contributed by atoms with E-state index in [0.29, 0.717) is 18.9 Å². The number of aromatic nitrogens is 2. The second-order valence-corrected chi connectivity index (χ2v) is 1.56. The molecule has 0 aliphatic rings. The summed E-state index contributed by atoms with van der Waals surface area (Å²) in [4.78, 5) is 9.18. The second kappa shape index (κ2) is 6.60. The number of hydrogen-bond acceptors (Lipinski definition) is 4. The van der Waals surface area contributed by atoms with Crippen molar-refractivity contribution >= 4 is 12.3 Å². The van der Waals surface area contributed by atoms with Crippen LogP contribution in [-0.4, -0.2) is 23.3 Å². The summed E-state index contributed by atoms with van der Waals surface area (Å²) in [7, 11) is 0. The Morgan fingerprint density at radius 3 is 2.73 bits per heavy atom. The van der Waals surface area contributed by atoms with Crippen LogP contribution in [0.4, 0.5) is 5.82 Å². The van der Waals surface area contributed by atoms with Crippen molar-refractivity contribution in [3.05, 3.63) is 12.3 Å². The minimum Gasteiger partial charge on any atom is -0.468 e. The lowest BCUT2D eigenvalue weighted by atomic mass is 10.7. The second-order valence-electron chi connectivity index (χ2n) is 1.56. The van der Waals surface area contributed by atoms with Crippen LogP contribution in [-0.2, 0) is 9.53 Å². The molecule has 0 bridgehead atoms. The first-order chi connectivity index (χ1) is 5.31. The smallest absolute Gasteiger partial charge is 0.293 e. The monoisotopic (exact) mass is 157 g/mol. The highest BCUT2D eigenvalue weighted by Gasteiger charge is 1.74. The summed E-state index contributed by atoms with van der Waals surface area (Å²) in [6.45, 7) is 2.66. The first kappa shape index (κ1) is 9.48. The van der Waals surface area contributed by atoms with Crippen molar-refractivity contribution in [2.45, 2.75) is 6.92 Å². The number of nitrogens with one attached hydrogen (secondary N) is 1. The summed E-state index contributed by atoms with van der Waals surface area (Å²) in [6, 6.07) is 1.69. The predicted molar refractivity (Wildman–Crippen MR) is 40.7 cm³/mol. The maximum Gasteiger partial charge on any atom is 0.293 e. The Kier molecular flexibility index (Phi) is 5.69. The van der Waals surface area contributed by atoms with Gasteiger partial charge < -0.3 is 10.5 Å². The van der Waals surface area contributed by atoms with Gasteiger partial charge in [0.1, 0.15) is 5.82 Å². The van der Waals surface area contributed by atoms with Gasteiger partial charge in [-0.15, -0.1) is 0 Å². The van der Waals surface area contributed by atoms with E-state index in [9.17, 15) is 4.79 Å². The molecule has 0 saturated carbocycles. The molecule has 0 radical (unpaired) electrons. The summed E-state index contributed by atoms with van der Waals surface area (Å²) in [6.07, 6.45) is 1.61. The number of anilines is 1. The molecule has 0 atom stereocenters. The molecule has 0 unspecified atom stereocenters. The zero-order valence-corrected chi connectivity index (χ0v) is 6.28. The minimum atomic E-state index is 0.431. The highest BCUT2D eigenvalue weighted by Crippen LogP contribution is 1.86. The van der Waals surface area contributed by atoms with Gasteiger partial charge in [0.05, 0.1) is 12.8 Å². The Bertz CT molecular complexity index is 174. The fourth-order valence-corrected chi connectivity index (χ4v) is 0.335. The molecule has 0 aromatic carbocycles. The van der Waals surface area contributed by atoms with Crippen molar-refractivity contribution in [1.82, 2.24) is 10.2 Å². The number of carbonyl (C=O) groups excluding carboxylic acids is 1. The topological polar surface area (TPSA) is 81.0 Å². The van der Waals surface area contributed by atoms with Crippen LogP contribution in [0.25, 0.3) is 0 Å². The fraction of sp³-hybridized carbons (Fsp3) is 0.333. The van der Waals surface area contributed by atoms with Crippen LogP contribution < -0.4 is 5.73 Å². The molecule has 0 fully saturated rings. The Labute approximate surface area is 64.5 Å². The molecule has 0 aliphatic carbocycles. The van der Waals surface area contributed by atoms with Gasteiger partial charge in [-0.2, -0.15) is 5.10 Å². The van der Waals surface area contributed by atoms with Gasteiger partial charge in [0.15, 0.2) is 0 Å². The lowest BCUT2D eigenvalue weighted by Gasteiger charge is -1.79. The average molecular weight is 157 g/mol. The van der Waals surface area contributed by atoms with Gasteiger partial charge in [0.2, 0.25) is 0 Å². The van der Waals surface area contributed by atoms with Crippen LogP contribution in [0.5, 0.6) is 0 Å². The highest BCUT2D eigenvalue weighted by molar-refractivity contribution is 5.36. The fourth-order valence-electron chi connectivity index (χ4n) is 0.335. The number of aromatic amines is 1. The van der Waals surface area contributed by atoms with E-state index in [0.717, 1.165) is 0 Å². The highest BCUT2D eigenvalue weighted by atomic mass is 16.5. The van der Waals surface area contributed by atoms with Crippen molar-refractivity contribution in [3.8, 4) is 0 Å². The number of carbonyl (C=O) groups is 1. The molecular formula is C6H11N3O2. The lowest BCUT2D eigenvalue weighted by Crippen LogP contribution is -1.81. The summed E-state index contributed by atoms with van der Waals surface area (Å²) in [5.41, 5.74) is 5.16. The molecule has 0 saturated heterocycles. The van der Waals surface area contributed by atoms with Gasteiger partial charge in [-0.3, -0.25) is 9.89 Å². The number of nitrogen functional groups attached to an aromatic ring is 1. The van der Waals surface area contributed by atoms with E-state index < -0.39 is 0 Å². The summed E-state index contributed by atoms with van der Waals surface area (Å²) in [5.74, 6) is 0.606. The number of H-pyrrole nitrogens is 1. The molecular weight excluding hydrogens is 146 g/mol. The Balaban J connectivity index is 0.000000187. The van der Waals surface area contributed by atoms with Gasteiger partial charge in [0.25, 0.3) is 6.47 Å². The third kappa shape index (κ3) is 6.36. The Hall–Kier alpha value is -1.52. The molecule has 62 valence electrons. The van der Waals surface area contributed by atoms with E-state index in [1.807, 2.05) is 0 Å². The molecule has 1 aromatic rings. The third-order valence-electron chi connectivity index (χ3n) is 0.757. The number of ether oxygens (including phenoxy) is 1. The SMILES string of the molecule is CCOC=O.Nc1ccn[nH]1. The molecule has 1 aromatic heterocycles. The lowest BCUT2D eigenvalue weighted by molar-refractivity contribution is -0.128. The van der Waals surface area contributed by atoms with Gasteiger partial charge in [-0.05, 0) is 13.0 Å². The van der Waals surface area contributed by atoms with Gasteiger partial charge in [-0.1, -0.05) is 0 Å². The normalized spacial score (nSPS) is 7.73. The number of hydrogen-bond donors (Lipinski definition) is 2. The number of nitrogens with two attached hydrogens (primary N) is 1. The van der Waals surface area contributed by atoms with E-state index in [4.69, 9.17) is 5.73 Å². The Morgan fingerprint density at radius 1 is 1.91 bits per heavy atom. The minimum absolute atomic E-state index is 0.431. The molecule has 0 amide bonds. The molecule has 1 heterocycles. The zero-order valence-electron chi connectivity index (χ0n) is 6.28. The maximum absolute atomic E-state index is 9.18. The van der Waals surface area contributed by atoms with Gasteiger partial charge in [0, 0.05) is 0 Å². The van der Waals surface area contributed by atoms with Crippen molar-refractivity contribution in [2.75, 3.05) is 12.3 Å². The summed E-state index contributed by atoms with van der Waals surface area (Å²) in [5, 5.41) is 6.10. The van der Waals surface area contributed by atoms with E-state index in [2.05, 4.69) is 14.9 Å². The molecule has 1 rings (SSSR count). The van der Waals surface area contributed by atoms with E-state index in [1.165, 1.54) is 0 Å². The molecule has 3 N–H and O–H groups in total. The molecule has 5 heteroatoms. The van der Waals surface area contributed by atoms with Crippen LogP contribution in [0, 0.1) is 0 Å². The first-order valence-corrected chi connectivity index (χ1v) is 3.11. The van der Waals surface area contributed by atoms with E-state index in [-0.39, 0.29) is 0 Å². The number of nitrogens with zero attached hydrogens (tertiary/aromatic N) is 1. The largest absolute Gasteiger partial charge is 0.468 e. The molecule has 0 aliphatic heterocycles. The van der Waals surface area contributed by atoms with Gasteiger partial charge >= 0.3 is 0 Å². The summed E-state index contributed by atoms with van der Waals surface area (Å²) >= 11 is 0. The third-order valence-corrected chi connectivity index (χ3v) is 0.757. The van der Waals surface area contributed by atoms with Crippen molar-refractivity contribution < 1.29 is 9.53 Å². The van der Waals surface area contributed by atoms with Crippen LogP contribution in [0.3, 0.4) is 0 Å². The van der Waals surface area contributed by atoms with Crippen LogP contribution in [0.2, 0.25) is 0 Å². The number of rotatable bonds is 2. The van der Waals surface area contributed by atoms with Gasteiger partial charge in [-0.25, -0.2) is 0 Å². The standard InChI is InChI=1S/C3H5N3.C3H6O2/c4-3-1-2-5-6-3;1-2-5-3-4/h1-2H,(H3,4,5,6);3H,2H2,1H3. The average Bonchev–Trinajstić information content (AvgIpc) is 2.43. The molecule has 5 nitrogen and oxygen atoms in total.